The number of nitrogens with zero attached hydrogens (tertiary/aromatic N) is 1. The van der Waals surface area contributed by atoms with Crippen molar-refractivity contribution in [1.29, 1.82) is 0 Å². The molecular weight excluding hydrogens is 232 g/mol. The maximum Gasteiger partial charge on any atom is 0.256 e. The SMILES string of the molecule is CCCNC(CSc1nc(C)c(C)o1)C(C)C. The molecule has 0 fully saturated rings. The summed E-state index contributed by atoms with van der Waals surface area (Å²) in [4.78, 5) is 4.39. The van der Waals surface area contributed by atoms with Gasteiger partial charge in [-0.05, 0) is 32.7 Å². The Balaban J connectivity index is 2.45. The summed E-state index contributed by atoms with van der Waals surface area (Å²) in [5.74, 6) is 2.57. The van der Waals surface area contributed by atoms with Crippen molar-refractivity contribution in [3.8, 4) is 0 Å². The molecule has 0 saturated carbocycles. The van der Waals surface area contributed by atoms with Gasteiger partial charge in [0.1, 0.15) is 5.76 Å². The van der Waals surface area contributed by atoms with Gasteiger partial charge in [0.2, 0.25) is 0 Å². The molecule has 0 saturated heterocycles. The van der Waals surface area contributed by atoms with E-state index in [4.69, 9.17) is 4.42 Å². The van der Waals surface area contributed by atoms with E-state index in [1.807, 2.05) is 13.8 Å². The third kappa shape index (κ3) is 4.72. The van der Waals surface area contributed by atoms with Gasteiger partial charge in [0.15, 0.2) is 0 Å². The molecule has 0 aliphatic heterocycles. The highest BCUT2D eigenvalue weighted by molar-refractivity contribution is 7.99. The van der Waals surface area contributed by atoms with Gasteiger partial charge in [-0.3, -0.25) is 0 Å². The van der Waals surface area contributed by atoms with Gasteiger partial charge >= 0.3 is 0 Å². The number of hydrogen-bond acceptors (Lipinski definition) is 4. The molecule has 1 heterocycles. The van der Waals surface area contributed by atoms with Gasteiger partial charge in [-0.2, -0.15) is 0 Å². The van der Waals surface area contributed by atoms with Gasteiger partial charge < -0.3 is 9.73 Å². The van der Waals surface area contributed by atoms with Gasteiger partial charge in [0.05, 0.1) is 5.69 Å². The zero-order valence-corrected chi connectivity index (χ0v) is 12.4. The second-order valence-electron chi connectivity index (χ2n) is 4.74. The molecule has 0 aliphatic rings. The number of aryl methyl sites for hydroxylation is 2. The minimum absolute atomic E-state index is 0.521. The molecule has 3 nitrogen and oxygen atoms in total. The van der Waals surface area contributed by atoms with Crippen molar-refractivity contribution in [2.24, 2.45) is 5.92 Å². The number of aromatic nitrogens is 1. The number of nitrogens with one attached hydrogen (secondary N) is 1. The van der Waals surface area contributed by atoms with E-state index in [9.17, 15) is 0 Å². The fraction of sp³-hybridized carbons (Fsp3) is 0.769. The van der Waals surface area contributed by atoms with Crippen molar-refractivity contribution in [1.82, 2.24) is 10.3 Å². The molecule has 0 aliphatic carbocycles. The number of thioether (sulfide) groups is 1. The van der Waals surface area contributed by atoms with E-state index >= 15 is 0 Å². The zero-order valence-electron chi connectivity index (χ0n) is 11.5. The molecule has 1 aromatic rings. The first-order valence-electron chi connectivity index (χ1n) is 6.34. The van der Waals surface area contributed by atoms with Crippen LogP contribution in [0.5, 0.6) is 0 Å². The molecule has 98 valence electrons. The summed E-state index contributed by atoms with van der Waals surface area (Å²) in [6.07, 6.45) is 1.17. The van der Waals surface area contributed by atoms with Crippen molar-refractivity contribution in [2.75, 3.05) is 12.3 Å². The smallest absolute Gasteiger partial charge is 0.256 e. The summed E-state index contributed by atoms with van der Waals surface area (Å²) in [7, 11) is 0. The Kier molecular flexibility index (Phi) is 6.06. The average Bonchev–Trinajstić information content (AvgIpc) is 2.58. The Morgan fingerprint density at radius 1 is 1.35 bits per heavy atom. The zero-order chi connectivity index (χ0) is 12.8. The summed E-state index contributed by atoms with van der Waals surface area (Å²) in [5, 5.41) is 4.37. The molecule has 1 N–H and O–H groups in total. The van der Waals surface area contributed by atoms with Crippen LogP contribution in [0.4, 0.5) is 0 Å². The Hall–Kier alpha value is -0.480. The monoisotopic (exact) mass is 256 g/mol. The molecule has 4 heteroatoms. The van der Waals surface area contributed by atoms with Crippen molar-refractivity contribution in [3.05, 3.63) is 11.5 Å². The topological polar surface area (TPSA) is 38.1 Å². The molecular formula is C13H24N2OS. The highest BCUT2D eigenvalue weighted by Crippen LogP contribution is 2.22. The first-order valence-corrected chi connectivity index (χ1v) is 7.33. The van der Waals surface area contributed by atoms with E-state index in [1.165, 1.54) is 6.42 Å². The Morgan fingerprint density at radius 2 is 2.06 bits per heavy atom. The van der Waals surface area contributed by atoms with Crippen LogP contribution in [-0.2, 0) is 0 Å². The van der Waals surface area contributed by atoms with Crippen LogP contribution in [0.1, 0.15) is 38.6 Å². The molecule has 0 aromatic carbocycles. The third-order valence-electron chi connectivity index (χ3n) is 2.86. The van der Waals surface area contributed by atoms with E-state index in [2.05, 4.69) is 31.1 Å². The van der Waals surface area contributed by atoms with Gasteiger partial charge in [-0.25, -0.2) is 4.98 Å². The molecule has 1 aromatic heterocycles. The Labute approximate surface area is 109 Å². The minimum atomic E-state index is 0.521. The predicted octanol–water partition coefficient (Wildman–Crippen LogP) is 3.41. The normalized spacial score (nSPS) is 13.3. The summed E-state index contributed by atoms with van der Waals surface area (Å²) < 4.78 is 5.57. The van der Waals surface area contributed by atoms with Gasteiger partial charge in [-0.15, -0.1) is 0 Å². The van der Waals surface area contributed by atoms with Gasteiger partial charge in [-0.1, -0.05) is 32.5 Å². The molecule has 17 heavy (non-hydrogen) atoms. The van der Waals surface area contributed by atoms with Crippen LogP contribution in [0, 0.1) is 19.8 Å². The molecule has 1 atom stereocenters. The molecule has 0 radical (unpaired) electrons. The summed E-state index contributed by atoms with van der Waals surface area (Å²) >= 11 is 1.70. The van der Waals surface area contributed by atoms with Gasteiger partial charge in [0, 0.05) is 11.8 Å². The van der Waals surface area contributed by atoms with Crippen LogP contribution >= 0.6 is 11.8 Å². The maximum atomic E-state index is 5.57. The van der Waals surface area contributed by atoms with E-state index in [0.717, 1.165) is 29.0 Å². The summed E-state index contributed by atoms with van der Waals surface area (Å²) in [6.45, 7) is 11.7. The van der Waals surface area contributed by atoms with E-state index in [0.29, 0.717) is 12.0 Å². The lowest BCUT2D eigenvalue weighted by molar-refractivity contribution is 0.420. The van der Waals surface area contributed by atoms with E-state index < -0.39 is 0 Å². The first kappa shape index (κ1) is 14.6. The lowest BCUT2D eigenvalue weighted by Crippen LogP contribution is -2.36. The second kappa shape index (κ2) is 7.07. The van der Waals surface area contributed by atoms with Crippen molar-refractivity contribution in [3.63, 3.8) is 0 Å². The molecule has 1 rings (SSSR count). The summed E-state index contributed by atoms with van der Waals surface area (Å²) in [5.41, 5.74) is 0.995. The lowest BCUT2D eigenvalue weighted by atomic mass is 10.1. The number of oxazole rings is 1. The number of hydrogen-bond donors (Lipinski definition) is 1. The molecule has 1 unspecified atom stereocenters. The lowest BCUT2D eigenvalue weighted by Gasteiger charge is -2.21. The highest BCUT2D eigenvalue weighted by atomic mass is 32.2. The second-order valence-corrected chi connectivity index (χ2v) is 5.71. The molecule has 0 bridgehead atoms. The largest absolute Gasteiger partial charge is 0.437 e. The number of rotatable bonds is 7. The fourth-order valence-corrected chi connectivity index (χ4v) is 2.69. The van der Waals surface area contributed by atoms with Crippen molar-refractivity contribution < 1.29 is 4.42 Å². The quantitative estimate of drug-likeness (QED) is 0.759. The van der Waals surface area contributed by atoms with E-state index in [-0.39, 0.29) is 0 Å². The van der Waals surface area contributed by atoms with Crippen molar-refractivity contribution in [2.45, 2.75) is 52.3 Å². The average molecular weight is 256 g/mol. The summed E-state index contributed by atoms with van der Waals surface area (Å²) in [6, 6.07) is 0.521. The van der Waals surface area contributed by atoms with Crippen LogP contribution in [-0.4, -0.2) is 23.3 Å². The highest BCUT2D eigenvalue weighted by Gasteiger charge is 2.15. The fourth-order valence-electron chi connectivity index (χ4n) is 1.48. The van der Waals surface area contributed by atoms with E-state index in [1.54, 1.807) is 11.8 Å². The van der Waals surface area contributed by atoms with Gasteiger partial charge in [0.25, 0.3) is 5.22 Å². The van der Waals surface area contributed by atoms with Crippen LogP contribution in [0.25, 0.3) is 0 Å². The first-order chi connectivity index (χ1) is 8.04. The van der Waals surface area contributed by atoms with Crippen LogP contribution in [0.15, 0.2) is 9.64 Å². The predicted molar refractivity (Wildman–Crippen MR) is 73.6 cm³/mol. The van der Waals surface area contributed by atoms with Crippen LogP contribution in [0.2, 0.25) is 0 Å². The minimum Gasteiger partial charge on any atom is -0.437 e. The van der Waals surface area contributed by atoms with Crippen LogP contribution in [0.3, 0.4) is 0 Å². The molecule has 0 amide bonds. The third-order valence-corrected chi connectivity index (χ3v) is 3.80. The standard InChI is InChI=1S/C13H24N2OS/c1-6-7-14-12(9(2)3)8-17-13-15-10(4)11(5)16-13/h9,12,14H,6-8H2,1-5H3. The maximum absolute atomic E-state index is 5.57. The Morgan fingerprint density at radius 3 is 2.53 bits per heavy atom. The molecule has 0 spiro atoms. The Bertz CT molecular complexity index is 317. The van der Waals surface area contributed by atoms with Crippen molar-refractivity contribution >= 4 is 11.8 Å². The van der Waals surface area contributed by atoms with Crippen LogP contribution < -0.4 is 5.32 Å².